The van der Waals surface area contributed by atoms with Crippen molar-refractivity contribution in [3.63, 3.8) is 0 Å². The van der Waals surface area contributed by atoms with E-state index in [4.69, 9.17) is 0 Å². The lowest BCUT2D eigenvalue weighted by Crippen LogP contribution is -2.57. The molecule has 3 aliphatic carbocycles. The zero-order valence-electron chi connectivity index (χ0n) is 33.0. The first kappa shape index (κ1) is 37.5. The molecular weight excluding hydrogens is 516 g/mol. The van der Waals surface area contributed by atoms with Crippen LogP contribution in [0.4, 0.5) is 0 Å². The van der Waals surface area contributed by atoms with E-state index in [1.165, 1.54) is 12.8 Å². The maximum Gasteiger partial charge on any atom is -0.0308 e. The first-order chi connectivity index (χ1) is 19.7. The summed E-state index contributed by atoms with van der Waals surface area (Å²) in [5.74, 6) is 17.3. The summed E-state index contributed by atoms with van der Waals surface area (Å²) < 4.78 is 0. The van der Waals surface area contributed by atoms with Crippen molar-refractivity contribution in [2.24, 2.45) is 130 Å². The summed E-state index contributed by atoms with van der Waals surface area (Å²) in [6.07, 6.45) is 2.80. The van der Waals surface area contributed by atoms with E-state index >= 15 is 0 Å². The summed E-state index contributed by atoms with van der Waals surface area (Å²) in [7, 11) is 0. The normalized spacial score (nSPS) is 48.2. The van der Waals surface area contributed by atoms with Gasteiger partial charge in [-0.1, -0.05) is 138 Å². The maximum atomic E-state index is 2.76. The molecule has 0 bridgehead atoms. The van der Waals surface area contributed by atoms with Gasteiger partial charge in [-0.25, -0.2) is 0 Å². The molecular formula is C43H82. The highest BCUT2D eigenvalue weighted by Crippen LogP contribution is 2.63. The maximum absolute atomic E-state index is 2.76. The van der Waals surface area contributed by atoms with Gasteiger partial charge in [-0.2, -0.15) is 0 Å². The molecule has 3 saturated carbocycles. The van der Waals surface area contributed by atoms with Crippen molar-refractivity contribution < 1.29 is 0 Å². The van der Waals surface area contributed by atoms with Gasteiger partial charge in [0, 0.05) is 0 Å². The van der Waals surface area contributed by atoms with Gasteiger partial charge < -0.3 is 0 Å². The average Bonchev–Trinajstić information content (AvgIpc) is 2.88. The van der Waals surface area contributed by atoms with Crippen LogP contribution in [0.3, 0.4) is 0 Å². The molecule has 43 heavy (non-hydrogen) atoms. The second kappa shape index (κ2) is 14.0. The SMILES string of the molecule is CCC(C1[C@H](C)C2C(C)[C@H](C)C(C)C(C)C2[C@@H](C)[C@H]1C)[C@H](CC(C)C(C)C)[C@H]1C(C)[C@H](C(C)(C)C)[C@H](C)[C@H](C(C)C)[C@H]1C. The second-order valence-corrected chi connectivity index (χ2v) is 19.8. The second-order valence-electron chi connectivity index (χ2n) is 19.8. The third-order valence-corrected chi connectivity index (χ3v) is 16.5. The minimum Gasteiger partial charge on any atom is -0.0651 e. The fraction of sp³-hybridized carbons (Fsp3) is 1.00. The Morgan fingerprint density at radius 2 is 0.884 bits per heavy atom. The lowest BCUT2D eigenvalue weighted by Gasteiger charge is -2.63. The van der Waals surface area contributed by atoms with Crippen molar-refractivity contribution >= 4 is 0 Å². The molecule has 0 nitrogen and oxygen atoms in total. The Balaban J connectivity index is 2.17. The lowest BCUT2D eigenvalue weighted by molar-refractivity contribution is -0.148. The predicted octanol–water partition coefficient (Wildman–Crippen LogP) is 13.1. The average molecular weight is 599 g/mol. The molecule has 0 aromatic carbocycles. The topological polar surface area (TPSA) is 0 Å². The van der Waals surface area contributed by atoms with Crippen molar-refractivity contribution in [3.8, 4) is 0 Å². The molecule has 9 unspecified atom stereocenters. The van der Waals surface area contributed by atoms with Gasteiger partial charge in [-0.05, 0) is 136 Å². The van der Waals surface area contributed by atoms with Gasteiger partial charge in [0.05, 0.1) is 0 Å². The van der Waals surface area contributed by atoms with Crippen molar-refractivity contribution in [2.45, 2.75) is 144 Å². The molecule has 0 heterocycles. The van der Waals surface area contributed by atoms with Crippen LogP contribution in [0.15, 0.2) is 0 Å². The van der Waals surface area contributed by atoms with Gasteiger partial charge in [0.25, 0.3) is 0 Å². The molecule has 0 aromatic rings. The van der Waals surface area contributed by atoms with E-state index in [0.717, 1.165) is 124 Å². The third kappa shape index (κ3) is 6.72. The summed E-state index contributed by atoms with van der Waals surface area (Å²) >= 11 is 0. The molecule has 0 saturated heterocycles. The highest BCUT2D eigenvalue weighted by Gasteiger charge is 2.58. The molecule has 19 atom stereocenters. The zero-order chi connectivity index (χ0) is 33.0. The number of hydrogen-bond donors (Lipinski definition) is 0. The van der Waals surface area contributed by atoms with Crippen molar-refractivity contribution in [2.75, 3.05) is 0 Å². The number of hydrogen-bond acceptors (Lipinski definition) is 0. The van der Waals surface area contributed by atoms with Gasteiger partial charge >= 0.3 is 0 Å². The summed E-state index contributed by atoms with van der Waals surface area (Å²) in [5.41, 5.74) is 0.355. The number of rotatable bonds is 8. The molecule has 0 amide bonds. The first-order valence-corrected chi connectivity index (χ1v) is 19.7. The van der Waals surface area contributed by atoms with E-state index < -0.39 is 0 Å². The predicted molar refractivity (Wildman–Crippen MR) is 193 cm³/mol. The Kier molecular flexibility index (Phi) is 12.2. The minimum atomic E-state index is 0.355. The Morgan fingerprint density at radius 1 is 0.465 bits per heavy atom. The molecule has 0 N–H and O–H groups in total. The van der Waals surface area contributed by atoms with Crippen LogP contribution in [0.25, 0.3) is 0 Å². The van der Waals surface area contributed by atoms with E-state index in [1.54, 1.807) is 0 Å². The van der Waals surface area contributed by atoms with Crippen molar-refractivity contribution in [3.05, 3.63) is 0 Å². The highest BCUT2D eigenvalue weighted by atomic mass is 14.6. The molecule has 3 rings (SSSR count). The van der Waals surface area contributed by atoms with E-state index in [-0.39, 0.29) is 0 Å². The Labute approximate surface area is 273 Å². The smallest absolute Gasteiger partial charge is 0.0308 e. The lowest BCUT2D eigenvalue weighted by atomic mass is 9.42. The molecule has 0 heteroatoms. The van der Waals surface area contributed by atoms with Crippen LogP contribution in [-0.4, -0.2) is 0 Å². The molecule has 3 aliphatic rings. The summed E-state index contributed by atoms with van der Waals surface area (Å²) in [6.45, 7) is 49.8. The van der Waals surface area contributed by atoms with Crippen molar-refractivity contribution in [1.29, 1.82) is 0 Å². The molecule has 3 fully saturated rings. The fourth-order valence-corrected chi connectivity index (χ4v) is 14.2. The van der Waals surface area contributed by atoms with Crippen LogP contribution < -0.4 is 0 Å². The standard InChI is InChI=1S/C43H82/c1-20-35(38-29(11)30(12)40-27(9)25(7)26(8)28(10)41(40)32(38)14)36(21-24(6)22(2)3)39-31(13)37(23(4)5)33(15)42(34(39)16)43(17,18)19/h22-42H,20-21H2,1-19H3/t24?,25?,26-,27?,28?,29-,30+,31-,32+,33-,34?,35?,36+,37-,38?,39-,40?,41?,42-/m1/s1. The fourth-order valence-electron chi connectivity index (χ4n) is 14.2. The van der Waals surface area contributed by atoms with Crippen LogP contribution in [0.2, 0.25) is 0 Å². The highest BCUT2D eigenvalue weighted by molar-refractivity contribution is 5.06. The largest absolute Gasteiger partial charge is 0.0651 e. The van der Waals surface area contributed by atoms with E-state index in [2.05, 4.69) is 132 Å². The van der Waals surface area contributed by atoms with E-state index in [1.807, 2.05) is 0 Å². The Bertz CT molecular complexity index is 860. The monoisotopic (exact) mass is 599 g/mol. The van der Waals surface area contributed by atoms with E-state index in [9.17, 15) is 0 Å². The van der Waals surface area contributed by atoms with Crippen LogP contribution in [-0.2, 0) is 0 Å². The van der Waals surface area contributed by atoms with E-state index in [0.29, 0.717) is 5.41 Å². The van der Waals surface area contributed by atoms with Gasteiger partial charge in [0.2, 0.25) is 0 Å². The molecule has 0 aromatic heterocycles. The van der Waals surface area contributed by atoms with Crippen LogP contribution in [0, 0.1) is 130 Å². The summed E-state index contributed by atoms with van der Waals surface area (Å²) in [5, 5.41) is 0. The van der Waals surface area contributed by atoms with Gasteiger partial charge in [-0.3, -0.25) is 0 Å². The molecule has 0 radical (unpaired) electrons. The van der Waals surface area contributed by atoms with Crippen LogP contribution in [0.5, 0.6) is 0 Å². The van der Waals surface area contributed by atoms with Gasteiger partial charge in [0.1, 0.15) is 0 Å². The van der Waals surface area contributed by atoms with Gasteiger partial charge in [0.15, 0.2) is 0 Å². The quantitative estimate of drug-likeness (QED) is 0.261. The Morgan fingerprint density at radius 3 is 1.30 bits per heavy atom. The molecule has 254 valence electrons. The van der Waals surface area contributed by atoms with Crippen molar-refractivity contribution in [1.82, 2.24) is 0 Å². The molecule has 0 spiro atoms. The number of fused-ring (bicyclic) bond motifs is 1. The van der Waals surface area contributed by atoms with Crippen LogP contribution >= 0.6 is 0 Å². The first-order valence-electron chi connectivity index (χ1n) is 19.7. The van der Waals surface area contributed by atoms with Gasteiger partial charge in [-0.15, -0.1) is 0 Å². The third-order valence-electron chi connectivity index (χ3n) is 16.5. The molecule has 0 aliphatic heterocycles. The minimum absolute atomic E-state index is 0.355. The van der Waals surface area contributed by atoms with Crippen LogP contribution in [0.1, 0.15) is 144 Å². The Hall–Kier alpha value is 0. The summed E-state index contributed by atoms with van der Waals surface area (Å²) in [4.78, 5) is 0. The zero-order valence-corrected chi connectivity index (χ0v) is 33.0. The summed E-state index contributed by atoms with van der Waals surface area (Å²) in [6, 6.07) is 0.